The zero-order chi connectivity index (χ0) is 19.0. The highest BCUT2D eigenvalue weighted by Gasteiger charge is 2.25. The number of cyclic esters (lactones) is 1. The molecule has 4 heteroatoms. The molecule has 0 amide bonds. The Labute approximate surface area is 158 Å². The smallest absolute Gasteiger partial charge is 0.363 e. The van der Waals surface area contributed by atoms with Gasteiger partial charge < -0.3 is 4.74 Å². The molecule has 0 N–H and O–H groups in total. The van der Waals surface area contributed by atoms with E-state index in [0.717, 1.165) is 22.0 Å². The first-order valence-electron chi connectivity index (χ1n) is 8.89. The minimum atomic E-state index is -0.439. The molecule has 1 aliphatic heterocycles. The van der Waals surface area contributed by atoms with Crippen LogP contribution < -0.4 is 0 Å². The van der Waals surface area contributed by atoms with Crippen LogP contribution in [-0.4, -0.2) is 16.9 Å². The van der Waals surface area contributed by atoms with E-state index in [1.807, 2.05) is 54.6 Å². The Balaban J connectivity index is 1.70. The number of fused-ring (bicyclic) bond motifs is 1. The van der Waals surface area contributed by atoms with Gasteiger partial charge in [-0.3, -0.25) is 4.98 Å². The molecule has 0 radical (unpaired) electrons. The number of pyridine rings is 1. The molecule has 0 unspecified atom stereocenters. The lowest BCUT2D eigenvalue weighted by atomic mass is 9.87. The third-order valence-electron chi connectivity index (χ3n) is 4.59. The Morgan fingerprint density at radius 2 is 1.70 bits per heavy atom. The summed E-state index contributed by atoms with van der Waals surface area (Å²) in [7, 11) is 0. The summed E-state index contributed by atoms with van der Waals surface area (Å²) in [5, 5.41) is 0.971. The summed E-state index contributed by atoms with van der Waals surface area (Å²) >= 11 is 0. The Morgan fingerprint density at radius 1 is 0.963 bits per heavy atom. The van der Waals surface area contributed by atoms with Gasteiger partial charge in [0.1, 0.15) is 0 Å². The monoisotopic (exact) mass is 356 g/mol. The second-order valence-corrected chi connectivity index (χ2v) is 7.58. The van der Waals surface area contributed by atoms with Crippen molar-refractivity contribution in [3.05, 3.63) is 83.2 Å². The van der Waals surface area contributed by atoms with Crippen molar-refractivity contribution >= 4 is 28.8 Å². The second kappa shape index (κ2) is 6.47. The third kappa shape index (κ3) is 3.38. The highest BCUT2D eigenvalue weighted by Crippen LogP contribution is 2.25. The number of carbonyl (C=O) groups is 1. The molecule has 27 heavy (non-hydrogen) atoms. The van der Waals surface area contributed by atoms with Gasteiger partial charge in [-0.15, -0.1) is 0 Å². The molecule has 2 aromatic carbocycles. The van der Waals surface area contributed by atoms with Crippen LogP contribution in [-0.2, 0) is 14.9 Å². The number of rotatable bonds is 2. The van der Waals surface area contributed by atoms with Crippen molar-refractivity contribution in [2.24, 2.45) is 4.99 Å². The molecule has 0 saturated carbocycles. The molecule has 0 bridgehead atoms. The summed E-state index contributed by atoms with van der Waals surface area (Å²) in [5.41, 5.74) is 4.14. The Bertz CT molecular complexity index is 1080. The summed E-state index contributed by atoms with van der Waals surface area (Å²) in [5.74, 6) is -0.101. The fourth-order valence-corrected chi connectivity index (χ4v) is 3.04. The summed E-state index contributed by atoms with van der Waals surface area (Å²) in [4.78, 5) is 21.1. The van der Waals surface area contributed by atoms with Gasteiger partial charge in [0.2, 0.25) is 5.90 Å². The molecule has 1 aromatic heterocycles. The van der Waals surface area contributed by atoms with Crippen molar-refractivity contribution in [3.63, 3.8) is 0 Å². The molecule has 0 spiro atoms. The first kappa shape index (κ1) is 17.2. The van der Waals surface area contributed by atoms with E-state index in [2.05, 4.69) is 30.7 Å². The van der Waals surface area contributed by atoms with E-state index in [9.17, 15) is 4.79 Å². The van der Waals surface area contributed by atoms with Crippen LogP contribution in [0.15, 0.2) is 71.5 Å². The Hall–Kier alpha value is -3.27. The van der Waals surface area contributed by atoms with Crippen molar-refractivity contribution in [3.8, 4) is 0 Å². The second-order valence-electron chi connectivity index (χ2n) is 7.58. The highest BCUT2D eigenvalue weighted by atomic mass is 16.6. The highest BCUT2D eigenvalue weighted by molar-refractivity contribution is 6.13. The number of hydrogen-bond donors (Lipinski definition) is 0. The molecule has 0 fully saturated rings. The van der Waals surface area contributed by atoms with Crippen LogP contribution in [0.1, 0.15) is 37.5 Å². The quantitative estimate of drug-likeness (QED) is 0.486. The molecule has 4 rings (SSSR count). The van der Waals surface area contributed by atoms with Gasteiger partial charge in [-0.2, -0.15) is 0 Å². The predicted molar refractivity (Wildman–Crippen MR) is 107 cm³/mol. The number of benzene rings is 2. The molecule has 0 atom stereocenters. The van der Waals surface area contributed by atoms with E-state index < -0.39 is 5.97 Å². The average molecular weight is 356 g/mol. The molecule has 2 heterocycles. The van der Waals surface area contributed by atoms with Crippen molar-refractivity contribution in [1.29, 1.82) is 0 Å². The van der Waals surface area contributed by atoms with Gasteiger partial charge in [0.05, 0.1) is 5.52 Å². The lowest BCUT2D eigenvalue weighted by Crippen LogP contribution is -2.11. The van der Waals surface area contributed by atoms with E-state index in [4.69, 9.17) is 4.74 Å². The molecular formula is C23H20N2O2. The molecule has 4 nitrogen and oxygen atoms in total. The summed E-state index contributed by atoms with van der Waals surface area (Å²) in [6, 6.07) is 17.6. The number of esters is 1. The van der Waals surface area contributed by atoms with E-state index in [0.29, 0.717) is 11.6 Å². The van der Waals surface area contributed by atoms with Gasteiger partial charge in [-0.05, 0) is 46.9 Å². The van der Waals surface area contributed by atoms with Crippen molar-refractivity contribution in [1.82, 2.24) is 4.98 Å². The summed E-state index contributed by atoms with van der Waals surface area (Å²) in [6.45, 7) is 6.49. The maximum Gasteiger partial charge on any atom is 0.363 e. The van der Waals surface area contributed by atoms with Gasteiger partial charge in [-0.1, -0.05) is 51.1 Å². The van der Waals surface area contributed by atoms with Crippen LogP contribution in [0, 0.1) is 0 Å². The predicted octanol–water partition coefficient (Wildman–Crippen LogP) is 4.88. The van der Waals surface area contributed by atoms with Crippen molar-refractivity contribution in [2.45, 2.75) is 26.2 Å². The number of hydrogen-bond acceptors (Lipinski definition) is 4. The summed E-state index contributed by atoms with van der Waals surface area (Å²) < 4.78 is 5.40. The van der Waals surface area contributed by atoms with E-state index >= 15 is 0 Å². The van der Waals surface area contributed by atoms with Crippen molar-refractivity contribution < 1.29 is 9.53 Å². The Kier molecular flexibility index (Phi) is 4.11. The molecule has 0 saturated heterocycles. The number of nitrogens with zero attached hydrogens (tertiary/aromatic N) is 2. The Morgan fingerprint density at radius 3 is 2.44 bits per heavy atom. The lowest BCUT2D eigenvalue weighted by Gasteiger charge is -2.18. The summed E-state index contributed by atoms with van der Waals surface area (Å²) in [6.07, 6.45) is 3.48. The van der Waals surface area contributed by atoms with Gasteiger partial charge in [0, 0.05) is 17.1 Å². The number of ether oxygens (including phenoxy) is 1. The average Bonchev–Trinajstić information content (AvgIpc) is 3.02. The number of carbonyl (C=O) groups excluding carboxylic acids is 1. The van der Waals surface area contributed by atoms with Crippen LogP contribution in [0.5, 0.6) is 0 Å². The maximum absolute atomic E-state index is 12.3. The van der Waals surface area contributed by atoms with E-state index in [1.54, 1.807) is 12.3 Å². The molecular weight excluding hydrogens is 336 g/mol. The van der Waals surface area contributed by atoms with Gasteiger partial charge in [0.25, 0.3) is 0 Å². The first-order chi connectivity index (χ1) is 12.9. The fourth-order valence-electron chi connectivity index (χ4n) is 3.04. The van der Waals surface area contributed by atoms with Crippen LogP contribution in [0.25, 0.3) is 17.0 Å². The van der Waals surface area contributed by atoms with Crippen LogP contribution >= 0.6 is 0 Å². The minimum absolute atomic E-state index is 0.0696. The number of para-hydroxylation sites is 1. The zero-order valence-corrected chi connectivity index (χ0v) is 15.6. The molecule has 0 aliphatic carbocycles. The third-order valence-corrected chi connectivity index (χ3v) is 4.59. The largest absolute Gasteiger partial charge is 0.402 e. The maximum atomic E-state index is 12.3. The van der Waals surface area contributed by atoms with Gasteiger partial charge in [0.15, 0.2) is 5.70 Å². The van der Waals surface area contributed by atoms with Crippen molar-refractivity contribution in [2.75, 3.05) is 0 Å². The van der Waals surface area contributed by atoms with Crippen LogP contribution in [0.3, 0.4) is 0 Å². The molecule has 3 aromatic rings. The topological polar surface area (TPSA) is 51.5 Å². The molecule has 134 valence electrons. The van der Waals surface area contributed by atoms with E-state index in [1.165, 1.54) is 5.56 Å². The number of aliphatic imine (C=N–C) groups is 1. The SMILES string of the molecule is CC(C)(C)c1ccc(C2=NC(=Cc3ccnc4ccccc34)C(=O)O2)cc1. The van der Waals surface area contributed by atoms with Gasteiger partial charge in [-0.25, -0.2) is 9.79 Å². The minimum Gasteiger partial charge on any atom is -0.402 e. The normalized spacial score (nSPS) is 15.9. The zero-order valence-electron chi connectivity index (χ0n) is 15.6. The first-order valence-corrected chi connectivity index (χ1v) is 8.89. The fraction of sp³-hybridized carbons (Fsp3) is 0.174. The van der Waals surface area contributed by atoms with Crippen LogP contribution in [0.2, 0.25) is 0 Å². The standard InChI is InChI=1S/C23H20N2O2/c1-23(2,3)17-10-8-15(9-11-17)21-25-20(22(26)27-21)14-16-12-13-24-19-7-5-4-6-18(16)19/h4-14H,1-3H3. The van der Waals surface area contributed by atoms with Gasteiger partial charge >= 0.3 is 5.97 Å². The van der Waals surface area contributed by atoms with E-state index in [-0.39, 0.29) is 5.41 Å². The van der Waals surface area contributed by atoms with Crippen LogP contribution in [0.4, 0.5) is 0 Å². The lowest BCUT2D eigenvalue weighted by molar-refractivity contribution is -0.129. The number of aromatic nitrogens is 1. The molecule has 1 aliphatic rings.